The number of aliphatic hydroxyl groups is 1. The zero-order chi connectivity index (χ0) is 12.7. The number of ether oxygens (including phenoxy) is 1. The summed E-state index contributed by atoms with van der Waals surface area (Å²) in [7, 11) is 0. The maximum atomic E-state index is 9.28. The third-order valence-corrected chi connectivity index (χ3v) is 3.19. The summed E-state index contributed by atoms with van der Waals surface area (Å²) in [6, 6.07) is 0.239. The van der Waals surface area contributed by atoms with Crippen LogP contribution < -0.4 is 5.32 Å². The smallest absolute Gasteiger partial charge is 0.0678 e. The molecule has 0 radical (unpaired) electrons. The van der Waals surface area contributed by atoms with Gasteiger partial charge in [0.15, 0.2) is 0 Å². The Morgan fingerprint density at radius 3 is 2.53 bits per heavy atom. The molecule has 0 bridgehead atoms. The van der Waals surface area contributed by atoms with Crippen molar-refractivity contribution in [3.63, 3.8) is 0 Å². The van der Waals surface area contributed by atoms with E-state index in [9.17, 15) is 5.11 Å². The van der Waals surface area contributed by atoms with Crippen LogP contribution in [0.1, 0.15) is 33.6 Å². The first-order valence-electron chi connectivity index (χ1n) is 6.87. The van der Waals surface area contributed by atoms with E-state index in [0.29, 0.717) is 12.2 Å². The van der Waals surface area contributed by atoms with Crippen LogP contribution in [0.15, 0.2) is 0 Å². The number of aliphatic hydroxyl groups excluding tert-OH is 1. The van der Waals surface area contributed by atoms with E-state index in [1.54, 1.807) is 0 Å². The van der Waals surface area contributed by atoms with Gasteiger partial charge in [-0.15, -0.1) is 0 Å². The number of nitrogens with one attached hydrogen (secondary N) is 1. The lowest BCUT2D eigenvalue weighted by Gasteiger charge is -2.35. The van der Waals surface area contributed by atoms with Crippen LogP contribution in [0.4, 0.5) is 0 Å². The van der Waals surface area contributed by atoms with Crippen LogP contribution in [0.5, 0.6) is 0 Å². The van der Waals surface area contributed by atoms with E-state index >= 15 is 0 Å². The lowest BCUT2D eigenvalue weighted by atomic mass is 10.1. The van der Waals surface area contributed by atoms with Crippen molar-refractivity contribution in [2.45, 2.75) is 51.9 Å². The molecule has 1 saturated heterocycles. The molecule has 1 aliphatic heterocycles. The molecule has 4 nitrogen and oxygen atoms in total. The molecule has 0 aromatic carbocycles. The van der Waals surface area contributed by atoms with Crippen LogP contribution in [0, 0.1) is 0 Å². The van der Waals surface area contributed by atoms with Crippen LogP contribution >= 0.6 is 0 Å². The Morgan fingerprint density at radius 1 is 1.35 bits per heavy atom. The Kier molecular flexibility index (Phi) is 7.04. The Bertz CT molecular complexity index is 192. The van der Waals surface area contributed by atoms with Gasteiger partial charge in [0.1, 0.15) is 0 Å². The van der Waals surface area contributed by atoms with Crippen molar-refractivity contribution in [1.29, 1.82) is 0 Å². The Balaban J connectivity index is 2.23. The van der Waals surface area contributed by atoms with E-state index in [0.717, 1.165) is 39.0 Å². The fourth-order valence-electron chi connectivity index (χ4n) is 2.41. The summed E-state index contributed by atoms with van der Waals surface area (Å²) in [4.78, 5) is 2.44. The van der Waals surface area contributed by atoms with Gasteiger partial charge in [0, 0.05) is 19.1 Å². The van der Waals surface area contributed by atoms with Crippen molar-refractivity contribution in [2.75, 3.05) is 32.8 Å². The van der Waals surface area contributed by atoms with E-state index in [1.165, 1.54) is 0 Å². The van der Waals surface area contributed by atoms with Crippen LogP contribution in [-0.4, -0.2) is 61.0 Å². The van der Waals surface area contributed by atoms with E-state index < -0.39 is 0 Å². The molecule has 1 heterocycles. The monoisotopic (exact) mass is 244 g/mol. The minimum Gasteiger partial charge on any atom is -0.395 e. The summed E-state index contributed by atoms with van der Waals surface area (Å²) < 4.78 is 5.71. The maximum Gasteiger partial charge on any atom is 0.0678 e. The van der Waals surface area contributed by atoms with E-state index in [4.69, 9.17) is 4.74 Å². The largest absolute Gasteiger partial charge is 0.395 e. The minimum absolute atomic E-state index is 0.232. The number of morpholine rings is 1. The highest BCUT2D eigenvalue weighted by Gasteiger charge is 2.22. The summed E-state index contributed by atoms with van der Waals surface area (Å²) in [5.41, 5.74) is 0. The molecule has 0 saturated carbocycles. The van der Waals surface area contributed by atoms with Gasteiger partial charge in [-0.2, -0.15) is 0 Å². The highest BCUT2D eigenvalue weighted by molar-refractivity contribution is 4.75. The molecule has 1 rings (SSSR count). The molecule has 0 aliphatic carbocycles. The first kappa shape index (κ1) is 14.9. The average Bonchev–Trinajstić information content (AvgIpc) is 2.28. The van der Waals surface area contributed by atoms with Gasteiger partial charge in [0.25, 0.3) is 0 Å². The summed E-state index contributed by atoms with van der Waals surface area (Å²) in [5, 5.41) is 12.7. The van der Waals surface area contributed by atoms with Gasteiger partial charge in [-0.05, 0) is 39.8 Å². The molecule has 1 fully saturated rings. The molecular formula is C13H28N2O2. The first-order valence-corrected chi connectivity index (χ1v) is 6.87. The molecule has 0 spiro atoms. The van der Waals surface area contributed by atoms with Crippen molar-refractivity contribution >= 4 is 0 Å². The fraction of sp³-hybridized carbons (Fsp3) is 1.00. The SMILES string of the molecule is CCCNC(CO)CCN1C[C@@H](C)O[C@@H](C)C1. The van der Waals surface area contributed by atoms with Crippen molar-refractivity contribution in [1.82, 2.24) is 10.2 Å². The molecule has 0 aromatic rings. The maximum absolute atomic E-state index is 9.28. The molecule has 2 N–H and O–H groups in total. The van der Waals surface area contributed by atoms with Gasteiger partial charge in [-0.25, -0.2) is 0 Å². The molecule has 3 atom stereocenters. The van der Waals surface area contributed by atoms with Gasteiger partial charge >= 0.3 is 0 Å². The molecule has 17 heavy (non-hydrogen) atoms. The zero-order valence-electron chi connectivity index (χ0n) is 11.5. The van der Waals surface area contributed by atoms with Crippen LogP contribution in [-0.2, 0) is 4.74 Å². The Morgan fingerprint density at radius 2 is 2.00 bits per heavy atom. The van der Waals surface area contributed by atoms with E-state index in [2.05, 4.69) is 31.0 Å². The van der Waals surface area contributed by atoms with Crippen LogP contribution in [0.2, 0.25) is 0 Å². The predicted octanol–water partition coefficient (Wildman–Crippen LogP) is 0.846. The quantitative estimate of drug-likeness (QED) is 0.697. The Hall–Kier alpha value is -0.160. The van der Waals surface area contributed by atoms with Gasteiger partial charge in [-0.3, -0.25) is 4.90 Å². The summed E-state index contributed by atoms with van der Waals surface area (Å²) in [6.07, 6.45) is 2.78. The summed E-state index contributed by atoms with van der Waals surface area (Å²) in [6.45, 7) is 10.7. The minimum atomic E-state index is 0.232. The molecule has 1 unspecified atom stereocenters. The molecule has 0 aromatic heterocycles. The number of hydrogen-bond donors (Lipinski definition) is 2. The van der Waals surface area contributed by atoms with Gasteiger partial charge < -0.3 is 15.2 Å². The second-order valence-electron chi connectivity index (χ2n) is 5.14. The second-order valence-corrected chi connectivity index (χ2v) is 5.14. The lowest BCUT2D eigenvalue weighted by Crippen LogP contribution is -2.47. The lowest BCUT2D eigenvalue weighted by molar-refractivity contribution is -0.0688. The zero-order valence-corrected chi connectivity index (χ0v) is 11.5. The second kappa shape index (κ2) is 8.03. The van der Waals surface area contributed by atoms with E-state index in [1.807, 2.05) is 0 Å². The van der Waals surface area contributed by atoms with Gasteiger partial charge in [-0.1, -0.05) is 6.92 Å². The number of nitrogens with zero attached hydrogens (tertiary/aromatic N) is 1. The van der Waals surface area contributed by atoms with Crippen molar-refractivity contribution in [3.8, 4) is 0 Å². The first-order chi connectivity index (χ1) is 8.15. The van der Waals surface area contributed by atoms with E-state index in [-0.39, 0.29) is 12.6 Å². The summed E-state index contributed by atoms with van der Waals surface area (Å²) in [5.74, 6) is 0. The standard InChI is InChI=1S/C13H28N2O2/c1-4-6-14-13(10-16)5-7-15-8-11(2)17-12(3)9-15/h11-14,16H,4-10H2,1-3H3/t11-,12+,13?. The molecule has 4 heteroatoms. The third kappa shape index (κ3) is 5.82. The fourth-order valence-corrected chi connectivity index (χ4v) is 2.41. The highest BCUT2D eigenvalue weighted by Crippen LogP contribution is 2.11. The molecular weight excluding hydrogens is 216 g/mol. The van der Waals surface area contributed by atoms with Gasteiger partial charge in [0.05, 0.1) is 18.8 Å². The number of rotatable bonds is 7. The highest BCUT2D eigenvalue weighted by atomic mass is 16.5. The normalized spacial score (nSPS) is 28.2. The summed E-state index contributed by atoms with van der Waals surface area (Å²) >= 11 is 0. The molecule has 0 amide bonds. The molecule has 102 valence electrons. The van der Waals surface area contributed by atoms with Crippen LogP contribution in [0.3, 0.4) is 0 Å². The van der Waals surface area contributed by atoms with Gasteiger partial charge in [0.2, 0.25) is 0 Å². The predicted molar refractivity (Wildman–Crippen MR) is 70.2 cm³/mol. The average molecular weight is 244 g/mol. The third-order valence-electron chi connectivity index (χ3n) is 3.19. The topological polar surface area (TPSA) is 44.7 Å². The number of hydrogen-bond acceptors (Lipinski definition) is 4. The van der Waals surface area contributed by atoms with Crippen molar-refractivity contribution < 1.29 is 9.84 Å². The van der Waals surface area contributed by atoms with Crippen molar-refractivity contribution in [3.05, 3.63) is 0 Å². The Labute approximate surface area is 105 Å². The van der Waals surface area contributed by atoms with Crippen LogP contribution in [0.25, 0.3) is 0 Å². The van der Waals surface area contributed by atoms with Crippen molar-refractivity contribution in [2.24, 2.45) is 0 Å². The molecule has 1 aliphatic rings.